The summed E-state index contributed by atoms with van der Waals surface area (Å²) in [6.45, 7) is 2.63. The van der Waals surface area contributed by atoms with Crippen LogP contribution in [0.4, 0.5) is 4.79 Å². The van der Waals surface area contributed by atoms with Crippen molar-refractivity contribution < 1.29 is 9.59 Å². The molecule has 23 heavy (non-hydrogen) atoms. The maximum Gasteiger partial charge on any atom is 0.321 e. The van der Waals surface area contributed by atoms with Gasteiger partial charge in [0.25, 0.3) is 0 Å². The Morgan fingerprint density at radius 1 is 1.26 bits per heavy atom. The van der Waals surface area contributed by atoms with Crippen molar-refractivity contribution >= 4 is 35.3 Å². The molecule has 0 bridgehead atoms. The fraction of sp³-hybridized carbons (Fsp3) is 0.286. The smallest absolute Gasteiger partial charge is 0.321 e. The molecule has 1 heterocycles. The fourth-order valence-electron chi connectivity index (χ4n) is 1.85. The largest absolute Gasteiger partial charge is 0.341 e. The van der Waals surface area contributed by atoms with E-state index in [1.165, 1.54) is 18.8 Å². The number of urea groups is 1. The van der Waals surface area contributed by atoms with E-state index < -0.39 is 11.9 Å². The first-order valence-electron chi connectivity index (χ1n) is 6.88. The van der Waals surface area contributed by atoms with Gasteiger partial charge < -0.3 is 9.88 Å². The van der Waals surface area contributed by atoms with E-state index in [1.54, 1.807) is 12.1 Å². The van der Waals surface area contributed by atoms with Gasteiger partial charge in [-0.05, 0) is 31.2 Å². The number of carbonyl (C=O) groups is 2. The van der Waals surface area contributed by atoms with Crippen LogP contribution in [0, 0.1) is 0 Å². The summed E-state index contributed by atoms with van der Waals surface area (Å²) in [6.07, 6.45) is 0. The summed E-state index contributed by atoms with van der Waals surface area (Å²) in [5.74, 6) is 0.387. The molecule has 9 heteroatoms. The minimum absolute atomic E-state index is 0.0756. The average molecular weight is 354 g/mol. The summed E-state index contributed by atoms with van der Waals surface area (Å²) in [4.78, 5) is 22.7. The molecule has 0 saturated heterocycles. The van der Waals surface area contributed by atoms with Crippen LogP contribution in [0.1, 0.15) is 6.92 Å². The third-order valence-electron chi connectivity index (χ3n) is 2.95. The van der Waals surface area contributed by atoms with Crippen molar-refractivity contribution in [3.05, 3.63) is 29.3 Å². The predicted molar refractivity (Wildman–Crippen MR) is 89.5 cm³/mol. The van der Waals surface area contributed by atoms with E-state index in [4.69, 9.17) is 11.6 Å². The summed E-state index contributed by atoms with van der Waals surface area (Å²) in [5.41, 5.74) is 0.894. The van der Waals surface area contributed by atoms with E-state index >= 15 is 0 Å². The third-order valence-corrected chi connectivity index (χ3v) is 4.17. The lowest BCUT2D eigenvalue weighted by atomic mass is 10.2. The maximum absolute atomic E-state index is 11.6. The Morgan fingerprint density at radius 2 is 1.96 bits per heavy atom. The molecule has 2 N–H and O–H groups in total. The molecule has 0 aliphatic heterocycles. The maximum atomic E-state index is 11.6. The van der Waals surface area contributed by atoms with Crippen LogP contribution < -0.4 is 10.6 Å². The quantitative estimate of drug-likeness (QED) is 0.804. The van der Waals surface area contributed by atoms with Crippen LogP contribution in [0.3, 0.4) is 0 Å². The minimum atomic E-state index is -0.533. The lowest BCUT2D eigenvalue weighted by Crippen LogP contribution is -2.38. The molecule has 0 radical (unpaired) electrons. The summed E-state index contributed by atoms with van der Waals surface area (Å²) < 4.78 is 1.90. The molecular weight excluding hydrogens is 338 g/mol. The number of hydrogen-bond acceptors (Lipinski definition) is 5. The summed E-state index contributed by atoms with van der Waals surface area (Å²) >= 11 is 7.11. The van der Waals surface area contributed by atoms with Crippen LogP contribution in [-0.4, -0.2) is 39.5 Å². The first-order valence-corrected chi connectivity index (χ1v) is 8.25. The number of nitrogens with zero attached hydrogens (tertiary/aromatic N) is 3. The van der Waals surface area contributed by atoms with Crippen LogP contribution in [0.2, 0.25) is 5.02 Å². The first kappa shape index (κ1) is 17.3. The minimum Gasteiger partial charge on any atom is -0.341 e. The Bertz CT molecular complexity index is 702. The van der Waals surface area contributed by atoms with E-state index in [0.29, 0.717) is 22.5 Å². The summed E-state index contributed by atoms with van der Waals surface area (Å²) in [5, 5.41) is 14.1. The Morgan fingerprint density at radius 3 is 2.57 bits per heavy atom. The number of carbonyl (C=O) groups excluding carboxylic acids is 2. The van der Waals surface area contributed by atoms with Gasteiger partial charge in [0.2, 0.25) is 5.91 Å². The van der Waals surface area contributed by atoms with Gasteiger partial charge in [0, 0.05) is 24.2 Å². The van der Waals surface area contributed by atoms with E-state index in [1.807, 2.05) is 23.6 Å². The Kier molecular flexibility index (Phi) is 6.00. The molecule has 0 aliphatic rings. The van der Waals surface area contributed by atoms with Crippen molar-refractivity contribution in [2.24, 2.45) is 0 Å². The van der Waals surface area contributed by atoms with Crippen molar-refractivity contribution in [3.8, 4) is 11.4 Å². The lowest BCUT2D eigenvalue weighted by molar-refractivity contribution is -0.117. The van der Waals surface area contributed by atoms with Crippen molar-refractivity contribution in [2.45, 2.75) is 18.6 Å². The average Bonchev–Trinajstić information content (AvgIpc) is 2.96. The number of rotatable bonds is 5. The molecule has 1 aromatic carbocycles. The number of nitrogens with one attached hydrogen (secondary N) is 2. The first-order chi connectivity index (χ1) is 11.0. The van der Waals surface area contributed by atoms with Crippen LogP contribution in [0.5, 0.6) is 0 Å². The number of halogens is 1. The highest BCUT2D eigenvalue weighted by atomic mass is 35.5. The zero-order valence-corrected chi connectivity index (χ0v) is 14.2. The molecular formula is C14H16ClN5O2S. The molecule has 0 aliphatic carbocycles. The van der Waals surface area contributed by atoms with Crippen molar-refractivity contribution in [3.63, 3.8) is 0 Å². The van der Waals surface area contributed by atoms with Crippen LogP contribution in [0.25, 0.3) is 11.4 Å². The molecule has 1 aromatic heterocycles. The van der Waals surface area contributed by atoms with Crippen molar-refractivity contribution in [2.75, 3.05) is 12.8 Å². The highest BCUT2D eigenvalue weighted by Gasteiger charge is 2.15. The molecule has 7 nitrogen and oxygen atoms in total. The van der Waals surface area contributed by atoms with E-state index in [-0.39, 0.29) is 5.75 Å². The second kappa shape index (κ2) is 7.98. The molecule has 0 saturated carbocycles. The van der Waals surface area contributed by atoms with Gasteiger partial charge >= 0.3 is 6.03 Å². The fourth-order valence-corrected chi connectivity index (χ4v) is 2.78. The highest BCUT2D eigenvalue weighted by Crippen LogP contribution is 2.24. The second-order valence-corrected chi connectivity index (χ2v) is 5.85. The zero-order chi connectivity index (χ0) is 16.8. The molecule has 0 spiro atoms. The van der Waals surface area contributed by atoms with Gasteiger partial charge in [-0.25, -0.2) is 4.79 Å². The molecule has 122 valence electrons. The topological polar surface area (TPSA) is 88.9 Å². The van der Waals surface area contributed by atoms with Crippen molar-refractivity contribution in [1.29, 1.82) is 0 Å². The number of aromatic nitrogens is 3. The number of thioether (sulfide) groups is 1. The van der Waals surface area contributed by atoms with Crippen LogP contribution >= 0.6 is 23.4 Å². The van der Waals surface area contributed by atoms with Gasteiger partial charge in [-0.3, -0.25) is 10.1 Å². The van der Waals surface area contributed by atoms with E-state index in [9.17, 15) is 9.59 Å². The van der Waals surface area contributed by atoms with Gasteiger partial charge in [-0.15, -0.1) is 10.2 Å². The summed E-state index contributed by atoms with van der Waals surface area (Å²) in [6, 6.07) is 6.77. The molecule has 0 unspecified atom stereocenters. The number of amides is 3. The third kappa shape index (κ3) is 4.46. The van der Waals surface area contributed by atoms with Crippen LogP contribution in [-0.2, 0) is 11.3 Å². The van der Waals surface area contributed by atoms with Crippen molar-refractivity contribution in [1.82, 2.24) is 25.4 Å². The van der Waals surface area contributed by atoms with Gasteiger partial charge in [0.1, 0.15) is 0 Å². The van der Waals surface area contributed by atoms with E-state index in [0.717, 1.165) is 5.56 Å². The molecule has 3 amide bonds. The lowest BCUT2D eigenvalue weighted by Gasteiger charge is -2.07. The Labute approximate surface area is 142 Å². The Hall–Kier alpha value is -2.06. The van der Waals surface area contributed by atoms with E-state index in [2.05, 4.69) is 20.8 Å². The standard InChI is InChI=1S/C14H16ClN5O2S/c1-3-20-12(9-4-6-10(15)7-5-9)18-19-14(20)23-8-11(21)17-13(22)16-2/h4-7H,3,8H2,1-2H3,(H2,16,17,21,22). The highest BCUT2D eigenvalue weighted by molar-refractivity contribution is 7.99. The molecule has 0 fully saturated rings. The molecule has 2 aromatic rings. The molecule has 2 rings (SSSR count). The SMILES string of the molecule is CCn1c(SCC(=O)NC(=O)NC)nnc1-c1ccc(Cl)cc1. The predicted octanol–water partition coefficient (Wildman–Crippen LogP) is 2.17. The monoisotopic (exact) mass is 353 g/mol. The number of benzene rings is 1. The second-order valence-electron chi connectivity index (χ2n) is 4.47. The summed E-state index contributed by atoms with van der Waals surface area (Å²) in [7, 11) is 1.45. The number of hydrogen-bond donors (Lipinski definition) is 2. The molecule has 0 atom stereocenters. The van der Waals surface area contributed by atoms with Gasteiger partial charge in [-0.2, -0.15) is 0 Å². The van der Waals surface area contributed by atoms with Gasteiger partial charge in [0.05, 0.1) is 5.75 Å². The Balaban J connectivity index is 2.10. The number of imide groups is 1. The van der Waals surface area contributed by atoms with Gasteiger partial charge in [-0.1, -0.05) is 23.4 Å². The van der Waals surface area contributed by atoms with Crippen LogP contribution in [0.15, 0.2) is 29.4 Å². The normalized spacial score (nSPS) is 10.4. The zero-order valence-electron chi connectivity index (χ0n) is 12.7. The van der Waals surface area contributed by atoms with Gasteiger partial charge in [0.15, 0.2) is 11.0 Å².